The van der Waals surface area contributed by atoms with E-state index < -0.39 is 6.04 Å². The van der Waals surface area contributed by atoms with E-state index in [1.54, 1.807) is 13.2 Å². The lowest BCUT2D eigenvalue weighted by Crippen LogP contribution is -2.35. The van der Waals surface area contributed by atoms with Gasteiger partial charge >= 0.3 is 0 Å². The van der Waals surface area contributed by atoms with Crippen LogP contribution in [0.2, 0.25) is 0 Å². The molecule has 0 aliphatic heterocycles. The third kappa shape index (κ3) is 4.42. The number of para-hydroxylation sites is 1. The fraction of sp³-hybridized carbons (Fsp3) is 0.370. The third-order valence-corrected chi connectivity index (χ3v) is 6.46. The molecule has 7 heteroatoms. The van der Waals surface area contributed by atoms with E-state index in [9.17, 15) is 9.59 Å². The summed E-state index contributed by atoms with van der Waals surface area (Å²) in [7, 11) is 1.64. The van der Waals surface area contributed by atoms with E-state index in [1.807, 2.05) is 35.8 Å². The Labute approximate surface area is 200 Å². The minimum Gasteiger partial charge on any atom is -0.372 e. The summed E-state index contributed by atoms with van der Waals surface area (Å²) in [5.74, 6) is -0.0670. The molecule has 2 aromatic carbocycles. The van der Waals surface area contributed by atoms with Crippen molar-refractivity contribution in [1.82, 2.24) is 19.7 Å². The Morgan fingerprint density at radius 3 is 2.65 bits per heavy atom. The molecule has 2 heterocycles. The Bertz CT molecular complexity index is 1370. The van der Waals surface area contributed by atoms with Gasteiger partial charge in [-0.3, -0.25) is 9.59 Å². The summed E-state index contributed by atoms with van der Waals surface area (Å²) < 4.78 is 3.22. The molecule has 0 bridgehead atoms. The number of carbonyl (C=O) groups excluding carboxylic acids is 1. The van der Waals surface area contributed by atoms with Gasteiger partial charge in [-0.15, -0.1) is 0 Å². The molecule has 1 amide bonds. The van der Waals surface area contributed by atoms with Crippen LogP contribution in [0.3, 0.4) is 0 Å². The molecule has 2 aromatic heterocycles. The maximum atomic E-state index is 13.3. The molecule has 4 rings (SSSR count). The monoisotopic (exact) mass is 459 g/mol. The zero-order valence-electron chi connectivity index (χ0n) is 20.4. The largest absolute Gasteiger partial charge is 0.372 e. The Hall–Kier alpha value is -3.61. The van der Waals surface area contributed by atoms with Crippen molar-refractivity contribution in [2.75, 3.05) is 24.5 Å². The van der Waals surface area contributed by atoms with Crippen LogP contribution in [0.25, 0.3) is 21.8 Å². The topological polar surface area (TPSA) is 72.2 Å². The molecule has 0 fully saturated rings. The summed E-state index contributed by atoms with van der Waals surface area (Å²) in [6.45, 7) is 8.57. The predicted octanol–water partition coefficient (Wildman–Crippen LogP) is 4.18. The SMILES string of the molecule is CC[C@@H](C(=O)NCCCN(CC)c1cccc(C)c1)n1c2ccccc2c2cnn(C)c(=O)c21. The fourth-order valence-electron chi connectivity index (χ4n) is 4.69. The summed E-state index contributed by atoms with van der Waals surface area (Å²) in [5.41, 5.74) is 3.65. The van der Waals surface area contributed by atoms with Crippen molar-refractivity contribution in [3.8, 4) is 0 Å². The van der Waals surface area contributed by atoms with E-state index in [2.05, 4.69) is 53.4 Å². The quantitative estimate of drug-likeness (QED) is 0.381. The van der Waals surface area contributed by atoms with Crippen LogP contribution in [0.4, 0.5) is 5.69 Å². The zero-order chi connectivity index (χ0) is 24.2. The summed E-state index contributed by atoms with van der Waals surface area (Å²) in [4.78, 5) is 28.7. The number of rotatable bonds is 9. The Balaban J connectivity index is 1.53. The molecular formula is C27H33N5O2. The molecule has 0 saturated carbocycles. The Morgan fingerprint density at radius 2 is 1.91 bits per heavy atom. The molecular weight excluding hydrogens is 426 g/mol. The average molecular weight is 460 g/mol. The normalized spacial score (nSPS) is 12.2. The van der Waals surface area contributed by atoms with Crippen LogP contribution in [0, 0.1) is 6.92 Å². The van der Waals surface area contributed by atoms with Crippen LogP contribution in [0.1, 0.15) is 38.3 Å². The molecule has 178 valence electrons. The first-order valence-electron chi connectivity index (χ1n) is 12.0. The predicted molar refractivity (Wildman–Crippen MR) is 139 cm³/mol. The lowest BCUT2D eigenvalue weighted by atomic mass is 10.2. The highest BCUT2D eigenvalue weighted by atomic mass is 16.2. The van der Waals surface area contributed by atoms with E-state index in [0.29, 0.717) is 18.5 Å². The Morgan fingerprint density at radius 1 is 1.12 bits per heavy atom. The van der Waals surface area contributed by atoms with Gasteiger partial charge in [0.15, 0.2) is 0 Å². The van der Waals surface area contributed by atoms with Crippen molar-refractivity contribution in [3.63, 3.8) is 0 Å². The van der Waals surface area contributed by atoms with Crippen LogP contribution in [0.15, 0.2) is 59.5 Å². The first kappa shape index (κ1) is 23.5. The lowest BCUT2D eigenvalue weighted by molar-refractivity contribution is -0.124. The first-order chi connectivity index (χ1) is 16.5. The number of nitrogens with one attached hydrogen (secondary N) is 1. The molecule has 34 heavy (non-hydrogen) atoms. The highest BCUT2D eigenvalue weighted by molar-refractivity contribution is 6.08. The molecule has 4 aromatic rings. The van der Waals surface area contributed by atoms with Crippen molar-refractivity contribution < 1.29 is 4.79 Å². The minimum atomic E-state index is -0.475. The van der Waals surface area contributed by atoms with Crippen LogP contribution in [-0.4, -0.2) is 39.9 Å². The molecule has 1 N–H and O–H groups in total. The molecule has 0 spiro atoms. The molecule has 0 aliphatic rings. The molecule has 0 aliphatic carbocycles. The van der Waals surface area contributed by atoms with Gasteiger partial charge in [0.2, 0.25) is 5.91 Å². The second-order valence-electron chi connectivity index (χ2n) is 8.71. The van der Waals surface area contributed by atoms with Crippen molar-refractivity contribution in [3.05, 3.63) is 70.6 Å². The van der Waals surface area contributed by atoms with Gasteiger partial charge in [0.25, 0.3) is 5.56 Å². The smallest absolute Gasteiger partial charge is 0.291 e. The number of hydrogen-bond donors (Lipinski definition) is 1. The number of carbonyl (C=O) groups is 1. The van der Waals surface area contributed by atoms with Crippen LogP contribution >= 0.6 is 0 Å². The minimum absolute atomic E-state index is 0.0670. The molecule has 0 unspecified atom stereocenters. The second-order valence-corrected chi connectivity index (χ2v) is 8.71. The van der Waals surface area contributed by atoms with Gasteiger partial charge in [-0.2, -0.15) is 5.10 Å². The maximum Gasteiger partial charge on any atom is 0.291 e. The maximum absolute atomic E-state index is 13.3. The number of anilines is 1. The number of aromatic nitrogens is 3. The van der Waals surface area contributed by atoms with Gasteiger partial charge in [0.1, 0.15) is 11.6 Å². The summed E-state index contributed by atoms with van der Waals surface area (Å²) >= 11 is 0. The number of fused-ring (bicyclic) bond motifs is 3. The van der Waals surface area contributed by atoms with Gasteiger partial charge in [-0.1, -0.05) is 37.3 Å². The summed E-state index contributed by atoms with van der Waals surface area (Å²) in [6.07, 6.45) is 3.13. The van der Waals surface area contributed by atoms with E-state index in [0.717, 1.165) is 35.8 Å². The van der Waals surface area contributed by atoms with Crippen molar-refractivity contribution in [2.45, 2.75) is 39.7 Å². The van der Waals surface area contributed by atoms with Gasteiger partial charge in [0.05, 0.1) is 11.7 Å². The number of aryl methyl sites for hydroxylation is 2. The number of nitrogens with zero attached hydrogens (tertiary/aromatic N) is 4. The van der Waals surface area contributed by atoms with Crippen LogP contribution in [-0.2, 0) is 11.8 Å². The van der Waals surface area contributed by atoms with Crippen molar-refractivity contribution >= 4 is 33.4 Å². The highest BCUT2D eigenvalue weighted by Gasteiger charge is 2.25. The van der Waals surface area contributed by atoms with Gasteiger partial charge in [-0.05, 0) is 50.5 Å². The fourth-order valence-corrected chi connectivity index (χ4v) is 4.69. The summed E-state index contributed by atoms with van der Waals surface area (Å²) in [5, 5.41) is 9.03. The van der Waals surface area contributed by atoms with E-state index >= 15 is 0 Å². The van der Waals surface area contributed by atoms with Crippen LogP contribution in [0.5, 0.6) is 0 Å². The number of benzene rings is 2. The average Bonchev–Trinajstić information content (AvgIpc) is 3.17. The van der Waals surface area contributed by atoms with Gasteiger partial charge < -0.3 is 14.8 Å². The highest BCUT2D eigenvalue weighted by Crippen LogP contribution is 2.30. The molecule has 7 nitrogen and oxygen atoms in total. The van der Waals surface area contributed by atoms with Crippen LogP contribution < -0.4 is 15.8 Å². The molecule has 0 radical (unpaired) electrons. The number of amides is 1. The lowest BCUT2D eigenvalue weighted by Gasteiger charge is -2.24. The second kappa shape index (κ2) is 10.1. The summed E-state index contributed by atoms with van der Waals surface area (Å²) in [6, 6.07) is 15.8. The zero-order valence-corrected chi connectivity index (χ0v) is 20.4. The van der Waals surface area contributed by atoms with Crippen molar-refractivity contribution in [2.24, 2.45) is 7.05 Å². The standard InChI is InChI=1S/C27H33N5O2/c1-5-23(26(33)28-15-10-16-31(6-2)20-12-9-11-19(3)17-20)32-24-14-8-7-13-21(24)22-18-29-30(4)27(34)25(22)32/h7-9,11-14,17-18,23H,5-6,10,15-16H2,1-4H3,(H,28,33)/t23-/m0/s1. The molecule has 0 saturated heterocycles. The van der Waals surface area contributed by atoms with E-state index in [1.165, 1.54) is 15.9 Å². The third-order valence-electron chi connectivity index (χ3n) is 6.46. The van der Waals surface area contributed by atoms with Gasteiger partial charge in [0, 0.05) is 43.1 Å². The Kier molecular flexibility index (Phi) is 7.01. The van der Waals surface area contributed by atoms with Gasteiger partial charge in [-0.25, -0.2) is 4.68 Å². The van der Waals surface area contributed by atoms with E-state index in [4.69, 9.17) is 0 Å². The molecule has 1 atom stereocenters. The van der Waals surface area contributed by atoms with E-state index in [-0.39, 0.29) is 11.5 Å². The number of hydrogen-bond acceptors (Lipinski definition) is 4. The first-order valence-corrected chi connectivity index (χ1v) is 12.0. The van der Waals surface area contributed by atoms with Crippen molar-refractivity contribution in [1.29, 1.82) is 0 Å².